The number of hydrogen-bond donors (Lipinski definition) is 3. The van der Waals surface area contributed by atoms with Crippen LogP contribution in [0.1, 0.15) is 38.6 Å². The highest BCUT2D eigenvalue weighted by molar-refractivity contribution is 8.01. The van der Waals surface area contributed by atoms with Crippen molar-refractivity contribution in [2.75, 3.05) is 27.3 Å². The van der Waals surface area contributed by atoms with E-state index in [1.54, 1.807) is 6.92 Å². The molecule has 1 amide bonds. The molecule has 1 aliphatic heterocycles. The number of rotatable bonds is 9. The Morgan fingerprint density at radius 1 is 1.24 bits per heavy atom. The molecule has 1 aromatic heterocycles. The first-order chi connectivity index (χ1) is 19.7. The number of aliphatic hydroxyl groups excluding tert-OH is 2. The molecule has 1 aromatic carbocycles. The van der Waals surface area contributed by atoms with Gasteiger partial charge < -0.3 is 29.7 Å². The van der Waals surface area contributed by atoms with Crippen molar-refractivity contribution in [1.29, 1.82) is 0 Å². The van der Waals surface area contributed by atoms with Gasteiger partial charge in [0.25, 0.3) is 0 Å². The molecule has 2 fully saturated rings. The summed E-state index contributed by atoms with van der Waals surface area (Å²) in [6.45, 7) is 1.31. The van der Waals surface area contributed by atoms with Gasteiger partial charge in [-0.15, -0.1) is 16.9 Å². The topological polar surface area (TPSA) is 130 Å². The largest absolute Gasteiger partial charge is 0.394 e. The molecule has 4 rings (SSSR count). The zero-order valence-corrected chi connectivity index (χ0v) is 23.9. The fraction of sp³-hybridized carbons (Fsp3) is 0.654. The van der Waals surface area contributed by atoms with E-state index >= 15 is 0 Å². The van der Waals surface area contributed by atoms with Crippen LogP contribution < -0.4 is 0 Å². The van der Waals surface area contributed by atoms with E-state index in [0.717, 1.165) is 28.6 Å². The third-order valence-electron chi connectivity index (χ3n) is 7.87. The molecule has 1 unspecified atom stereocenters. The molecule has 42 heavy (non-hydrogen) atoms. The number of methoxy groups -OCH3 is 1. The van der Waals surface area contributed by atoms with Crippen molar-refractivity contribution in [3.8, 4) is 11.3 Å². The van der Waals surface area contributed by atoms with Gasteiger partial charge in [-0.1, -0.05) is 5.21 Å². The van der Waals surface area contributed by atoms with E-state index in [1.807, 2.05) is 0 Å². The normalized spacial score (nSPS) is 27.9. The number of thioether (sulfide) groups is 1. The maximum Gasteiger partial charge on any atom is 0.248 e. The maximum absolute atomic E-state index is 14.0. The van der Waals surface area contributed by atoms with Crippen LogP contribution in [0.5, 0.6) is 0 Å². The summed E-state index contributed by atoms with van der Waals surface area (Å²) in [7, 11) is 2.79. The summed E-state index contributed by atoms with van der Waals surface area (Å²) >= 11 is 0.826. The molecule has 2 aromatic rings. The number of carbonyl (C=O) groups is 1. The van der Waals surface area contributed by atoms with E-state index in [2.05, 4.69) is 10.3 Å². The number of carbonyl (C=O) groups excluding carboxylic acids is 1. The van der Waals surface area contributed by atoms with Crippen LogP contribution in [0.4, 0.5) is 22.0 Å². The van der Waals surface area contributed by atoms with Crippen molar-refractivity contribution in [3.63, 3.8) is 0 Å². The number of hydrogen-bond acceptors (Lipinski definition) is 9. The number of aliphatic hydroxyl groups is 3. The summed E-state index contributed by atoms with van der Waals surface area (Å²) < 4.78 is 81.8. The van der Waals surface area contributed by atoms with E-state index in [-0.39, 0.29) is 30.6 Å². The second-order valence-corrected chi connectivity index (χ2v) is 11.8. The third kappa shape index (κ3) is 6.43. The van der Waals surface area contributed by atoms with Crippen LogP contribution in [0.15, 0.2) is 18.3 Å². The summed E-state index contributed by atoms with van der Waals surface area (Å²) in [5.41, 5.74) is -3.16. The van der Waals surface area contributed by atoms with Crippen molar-refractivity contribution in [3.05, 3.63) is 35.8 Å². The smallest absolute Gasteiger partial charge is 0.248 e. The number of benzene rings is 1. The van der Waals surface area contributed by atoms with Gasteiger partial charge in [0, 0.05) is 39.1 Å². The predicted octanol–water partition coefficient (Wildman–Crippen LogP) is 2.52. The molecule has 16 heteroatoms. The number of alkyl halides is 2. The van der Waals surface area contributed by atoms with Crippen LogP contribution in [-0.4, -0.2) is 109 Å². The van der Waals surface area contributed by atoms with Crippen LogP contribution in [-0.2, 0) is 14.3 Å². The minimum Gasteiger partial charge on any atom is -0.394 e. The van der Waals surface area contributed by atoms with Gasteiger partial charge in [-0.2, -0.15) is 0 Å². The summed E-state index contributed by atoms with van der Waals surface area (Å²) in [5.74, 6) is -8.04. The molecule has 1 aliphatic carbocycles. The van der Waals surface area contributed by atoms with Gasteiger partial charge in [0.2, 0.25) is 11.8 Å². The number of nitrogens with zero attached hydrogens (tertiary/aromatic N) is 4. The Labute approximate surface area is 242 Å². The van der Waals surface area contributed by atoms with Gasteiger partial charge in [0.15, 0.2) is 17.5 Å². The molecule has 1 saturated carbocycles. The van der Waals surface area contributed by atoms with Crippen molar-refractivity contribution in [1.82, 2.24) is 19.9 Å². The van der Waals surface area contributed by atoms with E-state index in [1.165, 1.54) is 25.3 Å². The second kappa shape index (κ2) is 12.7. The Bertz CT molecular complexity index is 1240. The maximum atomic E-state index is 14.0. The predicted molar refractivity (Wildman–Crippen MR) is 140 cm³/mol. The summed E-state index contributed by atoms with van der Waals surface area (Å²) in [5, 5.41) is 39.2. The molecule has 0 radical (unpaired) electrons. The molecular formula is C26H33F5N4O6S. The average Bonchev–Trinajstić information content (AvgIpc) is 3.45. The lowest BCUT2D eigenvalue weighted by Crippen LogP contribution is -2.58. The standard InChI is InChI=1S/C26H33F5N4O6S/c1-4-34(2)23(38)22(25(39)5-7-26(30,31)8-6-25)42-24-21(40-3)19(20(37)17(12-36)41-24)35-11-16(32-33-35)13-9-14(27)18(29)15(28)10-13/h9-11,17,19-22,24,36-37,39H,4-8,12H2,1-3H3/t17-,19+,20+,21-,22?,24+/m1/s1. The monoisotopic (exact) mass is 624 g/mol. The quantitative estimate of drug-likeness (QED) is 0.285. The van der Waals surface area contributed by atoms with Crippen LogP contribution in [0, 0.1) is 17.5 Å². The average molecular weight is 625 g/mol. The Morgan fingerprint density at radius 3 is 2.40 bits per heavy atom. The zero-order valence-electron chi connectivity index (χ0n) is 23.1. The van der Waals surface area contributed by atoms with Crippen molar-refractivity contribution in [2.45, 2.75) is 79.2 Å². The highest BCUT2D eigenvalue weighted by Gasteiger charge is 2.54. The third-order valence-corrected chi connectivity index (χ3v) is 9.43. The van der Waals surface area contributed by atoms with Gasteiger partial charge in [0.05, 0.1) is 18.4 Å². The molecule has 10 nitrogen and oxygen atoms in total. The molecule has 2 heterocycles. The van der Waals surface area contributed by atoms with Gasteiger partial charge in [-0.25, -0.2) is 26.6 Å². The zero-order chi connectivity index (χ0) is 31.0. The lowest BCUT2D eigenvalue weighted by molar-refractivity contribution is -0.186. The van der Waals surface area contributed by atoms with Gasteiger partial charge in [-0.3, -0.25) is 4.79 Å². The highest BCUT2D eigenvalue weighted by Crippen LogP contribution is 2.47. The molecular weight excluding hydrogens is 591 g/mol. The first-order valence-electron chi connectivity index (χ1n) is 13.3. The van der Waals surface area contributed by atoms with Crippen molar-refractivity contribution in [2.24, 2.45) is 0 Å². The molecule has 2 aliphatic rings. The molecule has 0 spiro atoms. The lowest BCUT2D eigenvalue weighted by atomic mass is 9.80. The van der Waals surface area contributed by atoms with Crippen LogP contribution in [0.3, 0.4) is 0 Å². The van der Waals surface area contributed by atoms with E-state index in [9.17, 15) is 42.1 Å². The minimum absolute atomic E-state index is 0.0684. The van der Waals surface area contributed by atoms with E-state index in [4.69, 9.17) is 9.47 Å². The fourth-order valence-corrected chi connectivity index (χ4v) is 6.88. The second-order valence-electron chi connectivity index (χ2n) is 10.6. The Morgan fingerprint density at radius 2 is 1.86 bits per heavy atom. The summed E-state index contributed by atoms with van der Waals surface area (Å²) in [6, 6.07) is 0.315. The molecule has 1 saturated heterocycles. The molecule has 6 atom stereocenters. The first kappa shape index (κ1) is 32.5. The van der Waals surface area contributed by atoms with Gasteiger partial charge in [-0.05, 0) is 31.9 Å². The Kier molecular flexibility index (Phi) is 9.84. The SMILES string of the molecule is CCN(C)C(=O)C(S[C@@H]1O[C@H](CO)[C@H](O)[C@H](n2cc(-c3cc(F)c(F)c(F)c3)nn2)[C@H]1OC)C1(O)CCC(F)(F)CC1. The number of ether oxygens (including phenoxy) is 2. The van der Waals surface area contributed by atoms with Crippen LogP contribution >= 0.6 is 11.8 Å². The number of aromatic nitrogens is 3. The van der Waals surface area contributed by atoms with E-state index < -0.39 is 89.4 Å². The molecule has 3 N–H and O–H groups in total. The number of halogens is 5. The number of amides is 1. The summed E-state index contributed by atoms with van der Waals surface area (Å²) in [6.07, 6.45) is -4.51. The van der Waals surface area contributed by atoms with E-state index in [0.29, 0.717) is 0 Å². The Hall–Kier alpha value is -2.37. The van der Waals surface area contributed by atoms with Crippen LogP contribution in [0.25, 0.3) is 11.3 Å². The molecule has 0 bridgehead atoms. The van der Waals surface area contributed by atoms with Crippen molar-refractivity contribution < 1.29 is 51.5 Å². The lowest BCUT2D eigenvalue weighted by Gasteiger charge is -2.47. The summed E-state index contributed by atoms with van der Waals surface area (Å²) in [4.78, 5) is 14.8. The minimum atomic E-state index is -2.98. The molecule has 234 valence electrons. The van der Waals surface area contributed by atoms with Gasteiger partial charge >= 0.3 is 0 Å². The highest BCUT2D eigenvalue weighted by atomic mass is 32.2. The first-order valence-corrected chi connectivity index (χ1v) is 14.2. The Balaban J connectivity index is 1.68. The fourth-order valence-electron chi connectivity index (χ4n) is 5.20. The van der Waals surface area contributed by atoms with Crippen LogP contribution in [0.2, 0.25) is 0 Å². The van der Waals surface area contributed by atoms with Gasteiger partial charge in [0.1, 0.15) is 40.7 Å². The van der Waals surface area contributed by atoms with Crippen molar-refractivity contribution >= 4 is 17.7 Å².